The third-order valence-corrected chi connectivity index (χ3v) is 4.02. The number of rotatable bonds is 4. The molecular formula is C13H13BrN2O2S. The van der Waals surface area contributed by atoms with Gasteiger partial charge >= 0.3 is 5.97 Å². The highest BCUT2D eigenvalue weighted by Gasteiger charge is 2.11. The fourth-order valence-corrected chi connectivity index (χ4v) is 2.50. The Morgan fingerprint density at radius 3 is 3.00 bits per heavy atom. The van der Waals surface area contributed by atoms with Crippen molar-refractivity contribution in [1.82, 2.24) is 4.98 Å². The number of carbonyl (C=O) groups excluding carboxylic acids is 1. The van der Waals surface area contributed by atoms with Crippen LogP contribution in [0.15, 0.2) is 28.1 Å². The molecule has 0 saturated heterocycles. The van der Waals surface area contributed by atoms with Crippen LogP contribution in [0, 0.1) is 6.92 Å². The van der Waals surface area contributed by atoms with Gasteiger partial charge in [-0.05, 0) is 31.5 Å². The zero-order chi connectivity index (χ0) is 13.8. The molecule has 2 aromatic rings. The molecule has 6 heteroatoms. The van der Waals surface area contributed by atoms with Crippen LogP contribution in [0.5, 0.6) is 0 Å². The lowest BCUT2D eigenvalue weighted by atomic mass is 10.2. The smallest absolute Gasteiger partial charge is 0.357 e. The van der Waals surface area contributed by atoms with Crippen LogP contribution >= 0.6 is 27.3 Å². The summed E-state index contributed by atoms with van der Waals surface area (Å²) in [4.78, 5) is 15.7. The van der Waals surface area contributed by atoms with Crippen LogP contribution in [0.2, 0.25) is 0 Å². The van der Waals surface area contributed by atoms with E-state index in [1.165, 1.54) is 11.3 Å². The van der Waals surface area contributed by atoms with E-state index in [2.05, 4.69) is 26.2 Å². The van der Waals surface area contributed by atoms with Crippen molar-refractivity contribution in [2.45, 2.75) is 13.8 Å². The second-order valence-electron chi connectivity index (χ2n) is 3.85. The highest BCUT2D eigenvalue weighted by molar-refractivity contribution is 9.10. The number of hydrogen-bond acceptors (Lipinski definition) is 5. The van der Waals surface area contributed by atoms with Gasteiger partial charge in [0.1, 0.15) is 0 Å². The number of aryl methyl sites for hydroxylation is 1. The molecule has 0 unspecified atom stereocenters. The fourth-order valence-electron chi connectivity index (χ4n) is 1.42. The largest absolute Gasteiger partial charge is 0.461 e. The summed E-state index contributed by atoms with van der Waals surface area (Å²) >= 11 is 4.85. The maximum atomic E-state index is 11.5. The number of hydrogen-bond donors (Lipinski definition) is 1. The molecule has 19 heavy (non-hydrogen) atoms. The van der Waals surface area contributed by atoms with E-state index in [1.807, 2.05) is 25.1 Å². The van der Waals surface area contributed by atoms with E-state index in [0.29, 0.717) is 17.4 Å². The van der Waals surface area contributed by atoms with Crippen LogP contribution in [-0.2, 0) is 4.74 Å². The Morgan fingerprint density at radius 2 is 2.32 bits per heavy atom. The number of esters is 1. The number of benzene rings is 1. The Morgan fingerprint density at radius 1 is 1.53 bits per heavy atom. The monoisotopic (exact) mass is 340 g/mol. The second-order valence-corrected chi connectivity index (χ2v) is 5.56. The Kier molecular flexibility index (Phi) is 4.55. The van der Waals surface area contributed by atoms with E-state index >= 15 is 0 Å². The number of nitrogens with one attached hydrogen (secondary N) is 1. The molecule has 0 aliphatic heterocycles. The number of aromatic nitrogens is 1. The first kappa shape index (κ1) is 14.0. The summed E-state index contributed by atoms with van der Waals surface area (Å²) < 4.78 is 5.92. The van der Waals surface area contributed by atoms with Gasteiger partial charge in [0.2, 0.25) is 0 Å². The minimum Gasteiger partial charge on any atom is -0.461 e. The number of nitrogens with zero attached hydrogens (tertiary/aromatic N) is 1. The predicted octanol–water partition coefficient (Wildman–Crippen LogP) is 4.13. The zero-order valence-electron chi connectivity index (χ0n) is 10.6. The Hall–Kier alpha value is -1.40. The van der Waals surface area contributed by atoms with Gasteiger partial charge in [0.05, 0.1) is 6.61 Å². The number of anilines is 2. The molecule has 0 fully saturated rings. The summed E-state index contributed by atoms with van der Waals surface area (Å²) in [6.45, 7) is 4.15. The van der Waals surface area contributed by atoms with Crippen molar-refractivity contribution in [3.05, 3.63) is 39.3 Å². The number of thiazole rings is 1. The van der Waals surface area contributed by atoms with E-state index in [-0.39, 0.29) is 0 Å². The fraction of sp³-hybridized carbons (Fsp3) is 0.231. The molecule has 0 aliphatic rings. The van der Waals surface area contributed by atoms with E-state index in [9.17, 15) is 4.79 Å². The zero-order valence-corrected chi connectivity index (χ0v) is 13.0. The quantitative estimate of drug-likeness (QED) is 0.850. The first-order valence-corrected chi connectivity index (χ1v) is 7.43. The van der Waals surface area contributed by atoms with Crippen molar-refractivity contribution >= 4 is 44.1 Å². The molecule has 0 bridgehead atoms. The third kappa shape index (κ3) is 3.54. The molecule has 1 aromatic heterocycles. The van der Waals surface area contributed by atoms with E-state index < -0.39 is 5.97 Å². The average Bonchev–Trinajstić information content (AvgIpc) is 2.83. The van der Waals surface area contributed by atoms with Crippen LogP contribution in [0.3, 0.4) is 0 Å². The molecule has 0 radical (unpaired) electrons. The molecule has 1 aromatic carbocycles. The third-order valence-electron chi connectivity index (χ3n) is 2.41. The minimum absolute atomic E-state index is 0.334. The van der Waals surface area contributed by atoms with Gasteiger partial charge < -0.3 is 10.1 Å². The Balaban J connectivity index is 2.11. The maximum absolute atomic E-state index is 11.5. The molecule has 2 rings (SSSR count). The second kappa shape index (κ2) is 6.16. The van der Waals surface area contributed by atoms with Crippen LogP contribution in [0.25, 0.3) is 0 Å². The first-order valence-electron chi connectivity index (χ1n) is 5.76. The van der Waals surface area contributed by atoms with Gasteiger partial charge in [-0.1, -0.05) is 22.0 Å². The molecule has 0 saturated carbocycles. The van der Waals surface area contributed by atoms with Crippen molar-refractivity contribution < 1.29 is 9.53 Å². The summed E-state index contributed by atoms with van der Waals surface area (Å²) in [6, 6.07) is 5.94. The van der Waals surface area contributed by atoms with Gasteiger partial charge in [-0.2, -0.15) is 0 Å². The van der Waals surface area contributed by atoms with Crippen molar-refractivity contribution in [2.75, 3.05) is 11.9 Å². The van der Waals surface area contributed by atoms with Gasteiger partial charge in [-0.15, -0.1) is 11.3 Å². The Bertz CT molecular complexity index is 598. The number of ether oxygens (including phenoxy) is 1. The average molecular weight is 341 g/mol. The van der Waals surface area contributed by atoms with Crippen LogP contribution < -0.4 is 5.32 Å². The summed E-state index contributed by atoms with van der Waals surface area (Å²) in [5.74, 6) is -0.392. The van der Waals surface area contributed by atoms with E-state index in [4.69, 9.17) is 4.74 Å². The normalized spacial score (nSPS) is 10.3. The van der Waals surface area contributed by atoms with Crippen molar-refractivity contribution in [1.29, 1.82) is 0 Å². The molecule has 100 valence electrons. The van der Waals surface area contributed by atoms with Gasteiger partial charge in [0.15, 0.2) is 10.8 Å². The summed E-state index contributed by atoms with van der Waals surface area (Å²) in [5, 5.41) is 5.51. The molecule has 0 atom stereocenters. The summed E-state index contributed by atoms with van der Waals surface area (Å²) in [7, 11) is 0. The number of carbonyl (C=O) groups is 1. The lowest BCUT2D eigenvalue weighted by Gasteiger charge is -2.04. The molecule has 1 heterocycles. The number of halogens is 1. The van der Waals surface area contributed by atoms with Crippen molar-refractivity contribution in [3.8, 4) is 0 Å². The molecule has 4 nitrogen and oxygen atoms in total. The molecule has 0 aliphatic carbocycles. The maximum Gasteiger partial charge on any atom is 0.357 e. The van der Waals surface area contributed by atoms with Gasteiger partial charge in [-0.3, -0.25) is 0 Å². The summed E-state index contributed by atoms with van der Waals surface area (Å²) in [6.07, 6.45) is 0. The van der Waals surface area contributed by atoms with Crippen LogP contribution in [0.1, 0.15) is 23.0 Å². The molecule has 1 N–H and O–H groups in total. The van der Waals surface area contributed by atoms with Crippen molar-refractivity contribution in [3.63, 3.8) is 0 Å². The van der Waals surface area contributed by atoms with E-state index in [1.54, 1.807) is 12.3 Å². The highest BCUT2D eigenvalue weighted by atomic mass is 79.9. The summed E-state index contributed by atoms with van der Waals surface area (Å²) in [5.41, 5.74) is 2.42. The first-order chi connectivity index (χ1) is 9.10. The van der Waals surface area contributed by atoms with Crippen molar-refractivity contribution in [2.24, 2.45) is 0 Å². The van der Waals surface area contributed by atoms with Crippen LogP contribution in [-0.4, -0.2) is 17.6 Å². The molecule has 0 spiro atoms. The van der Waals surface area contributed by atoms with Gasteiger partial charge in [0.25, 0.3) is 0 Å². The predicted molar refractivity (Wildman–Crippen MR) is 80.2 cm³/mol. The lowest BCUT2D eigenvalue weighted by Crippen LogP contribution is -2.04. The van der Waals surface area contributed by atoms with Gasteiger partial charge in [-0.25, -0.2) is 9.78 Å². The minimum atomic E-state index is -0.392. The topological polar surface area (TPSA) is 51.2 Å². The van der Waals surface area contributed by atoms with Gasteiger partial charge in [0, 0.05) is 15.5 Å². The lowest BCUT2D eigenvalue weighted by molar-refractivity contribution is 0.0520. The molecule has 0 amide bonds. The Labute approximate surface area is 124 Å². The van der Waals surface area contributed by atoms with Crippen LogP contribution in [0.4, 0.5) is 10.8 Å². The highest BCUT2D eigenvalue weighted by Crippen LogP contribution is 2.25. The SMILES string of the molecule is CCOC(=O)c1csc(Nc2ccc(C)c(Br)c2)n1. The standard InChI is InChI=1S/C13H13BrN2O2S/c1-3-18-12(17)11-7-19-13(16-11)15-9-5-4-8(2)10(14)6-9/h4-7H,3H2,1-2H3,(H,15,16). The molecular weight excluding hydrogens is 328 g/mol. The van der Waals surface area contributed by atoms with E-state index in [0.717, 1.165) is 15.7 Å².